The number of benzene rings is 1. The molecule has 1 aromatic carbocycles. The van der Waals surface area contributed by atoms with Gasteiger partial charge in [0, 0.05) is 11.1 Å². The molecule has 80 valence electrons. The first-order valence-electron chi connectivity index (χ1n) is 3.93. The molecule has 1 rings (SSSR count). The minimum atomic E-state index is -0.382. The van der Waals surface area contributed by atoms with Crippen molar-refractivity contribution in [3.05, 3.63) is 34.6 Å². The molecule has 0 spiro atoms. The maximum absolute atomic E-state index is 12.8. The van der Waals surface area contributed by atoms with Gasteiger partial charge >= 0.3 is 0 Å². The van der Waals surface area contributed by atoms with Gasteiger partial charge in [0.25, 0.3) is 0 Å². The van der Waals surface area contributed by atoms with Crippen molar-refractivity contribution in [1.82, 2.24) is 0 Å². The van der Waals surface area contributed by atoms with Gasteiger partial charge in [-0.1, -0.05) is 11.6 Å². The molecule has 3 N–H and O–H groups in total. The fourth-order valence-electron chi connectivity index (χ4n) is 1.10. The van der Waals surface area contributed by atoms with Crippen LogP contribution in [0.5, 0.6) is 0 Å². The van der Waals surface area contributed by atoms with E-state index >= 15 is 0 Å². The SMILES string of the molecule is Cl.NC(CO)Cc1cc(F)cc(Cl)c1. The van der Waals surface area contributed by atoms with Crippen molar-refractivity contribution in [2.75, 3.05) is 6.61 Å². The molecule has 1 atom stereocenters. The molecule has 0 saturated heterocycles. The van der Waals surface area contributed by atoms with Crippen molar-refractivity contribution in [3.8, 4) is 0 Å². The van der Waals surface area contributed by atoms with Crippen LogP contribution in [0.25, 0.3) is 0 Å². The number of halogens is 3. The first-order chi connectivity index (χ1) is 6.11. The van der Waals surface area contributed by atoms with E-state index in [0.717, 1.165) is 0 Å². The summed E-state index contributed by atoms with van der Waals surface area (Å²) in [5, 5.41) is 9.03. The Labute approximate surface area is 93.3 Å². The van der Waals surface area contributed by atoms with Gasteiger partial charge < -0.3 is 10.8 Å². The van der Waals surface area contributed by atoms with Crippen LogP contribution in [0.15, 0.2) is 18.2 Å². The Morgan fingerprint density at radius 3 is 2.57 bits per heavy atom. The van der Waals surface area contributed by atoms with Crippen LogP contribution >= 0.6 is 24.0 Å². The lowest BCUT2D eigenvalue weighted by atomic mass is 10.1. The van der Waals surface area contributed by atoms with Crippen molar-refractivity contribution in [2.24, 2.45) is 5.73 Å². The molecule has 0 aromatic heterocycles. The lowest BCUT2D eigenvalue weighted by molar-refractivity contribution is 0.265. The van der Waals surface area contributed by atoms with E-state index in [9.17, 15) is 4.39 Å². The van der Waals surface area contributed by atoms with E-state index in [-0.39, 0.29) is 30.9 Å². The smallest absolute Gasteiger partial charge is 0.124 e. The fourth-order valence-corrected chi connectivity index (χ4v) is 1.34. The highest BCUT2D eigenvalue weighted by Crippen LogP contribution is 2.14. The summed E-state index contributed by atoms with van der Waals surface area (Å²) in [5.74, 6) is -0.382. The molecule has 2 nitrogen and oxygen atoms in total. The Balaban J connectivity index is 0.00000169. The Morgan fingerprint density at radius 2 is 2.07 bits per heavy atom. The second kappa shape index (κ2) is 6.19. The average molecular weight is 240 g/mol. The van der Waals surface area contributed by atoms with Crippen molar-refractivity contribution in [2.45, 2.75) is 12.5 Å². The molecule has 1 unspecified atom stereocenters. The molecule has 1 aromatic rings. The summed E-state index contributed by atoms with van der Waals surface area (Å²) >= 11 is 5.63. The summed E-state index contributed by atoms with van der Waals surface area (Å²) in [6.07, 6.45) is 0.425. The van der Waals surface area contributed by atoms with Crippen LogP contribution < -0.4 is 5.73 Å². The van der Waals surface area contributed by atoms with E-state index < -0.39 is 0 Å². The number of nitrogens with two attached hydrogens (primary N) is 1. The third-order valence-electron chi connectivity index (χ3n) is 1.65. The number of rotatable bonds is 3. The average Bonchev–Trinajstić information content (AvgIpc) is 2.02. The molecule has 0 bridgehead atoms. The highest BCUT2D eigenvalue weighted by atomic mass is 35.5. The monoisotopic (exact) mass is 239 g/mol. The van der Waals surface area contributed by atoms with Crippen molar-refractivity contribution in [1.29, 1.82) is 0 Å². The highest BCUT2D eigenvalue weighted by Gasteiger charge is 2.04. The summed E-state index contributed by atoms with van der Waals surface area (Å²) in [6.45, 7) is -0.117. The van der Waals surface area contributed by atoms with Crippen LogP contribution in [0.1, 0.15) is 5.56 Å². The van der Waals surface area contributed by atoms with Gasteiger partial charge in [0.05, 0.1) is 6.61 Å². The predicted octanol–water partition coefficient (Wildman–Crippen LogP) is 1.76. The number of aliphatic hydroxyl groups excluding tert-OH is 1. The fraction of sp³-hybridized carbons (Fsp3) is 0.333. The van der Waals surface area contributed by atoms with E-state index in [0.29, 0.717) is 17.0 Å². The lowest BCUT2D eigenvalue weighted by Crippen LogP contribution is -2.26. The first-order valence-corrected chi connectivity index (χ1v) is 4.31. The van der Waals surface area contributed by atoms with Crippen LogP contribution in [-0.4, -0.2) is 17.8 Å². The molecular formula is C9H12Cl2FNO. The van der Waals surface area contributed by atoms with Crippen molar-refractivity contribution in [3.63, 3.8) is 0 Å². The quantitative estimate of drug-likeness (QED) is 0.845. The number of hydrogen-bond donors (Lipinski definition) is 2. The van der Waals surface area contributed by atoms with Crippen LogP contribution in [0.2, 0.25) is 5.02 Å². The summed E-state index contributed by atoms with van der Waals surface area (Å²) in [6, 6.07) is 3.87. The standard InChI is InChI=1S/C9H11ClFNO.ClH/c10-7-1-6(2-8(11)4-7)3-9(12)5-13;/h1-2,4,9,13H,3,5,12H2;1H. The van der Waals surface area contributed by atoms with Gasteiger partial charge in [-0.05, 0) is 30.2 Å². The summed E-state index contributed by atoms with van der Waals surface area (Å²) < 4.78 is 12.8. The van der Waals surface area contributed by atoms with Gasteiger partial charge in [0.2, 0.25) is 0 Å². The van der Waals surface area contributed by atoms with Gasteiger partial charge in [-0.2, -0.15) is 0 Å². The predicted molar refractivity (Wildman–Crippen MR) is 57.4 cm³/mol. The highest BCUT2D eigenvalue weighted by molar-refractivity contribution is 6.30. The van der Waals surface area contributed by atoms with Crippen molar-refractivity contribution >= 4 is 24.0 Å². The summed E-state index contributed by atoms with van der Waals surface area (Å²) in [4.78, 5) is 0. The van der Waals surface area contributed by atoms with E-state index in [2.05, 4.69) is 0 Å². The molecule has 0 heterocycles. The lowest BCUT2D eigenvalue weighted by Gasteiger charge is -2.07. The zero-order valence-corrected chi connectivity index (χ0v) is 8.98. The Morgan fingerprint density at radius 1 is 1.43 bits per heavy atom. The van der Waals surface area contributed by atoms with Crippen molar-refractivity contribution < 1.29 is 9.50 Å². The van der Waals surface area contributed by atoms with E-state index in [1.165, 1.54) is 12.1 Å². The van der Waals surface area contributed by atoms with E-state index in [4.69, 9.17) is 22.4 Å². The number of hydrogen-bond acceptors (Lipinski definition) is 2. The summed E-state index contributed by atoms with van der Waals surface area (Å²) in [5.41, 5.74) is 6.19. The molecule has 0 fully saturated rings. The molecule has 0 saturated carbocycles. The van der Waals surface area contributed by atoms with Crippen LogP contribution in [0, 0.1) is 5.82 Å². The van der Waals surface area contributed by atoms with E-state index in [1.54, 1.807) is 6.07 Å². The van der Waals surface area contributed by atoms with Gasteiger partial charge in [-0.3, -0.25) is 0 Å². The third kappa shape index (κ3) is 4.24. The second-order valence-electron chi connectivity index (χ2n) is 2.92. The molecule has 0 radical (unpaired) electrons. The van der Waals surface area contributed by atoms with Crippen LogP contribution in [-0.2, 0) is 6.42 Å². The van der Waals surface area contributed by atoms with Gasteiger partial charge in [-0.25, -0.2) is 4.39 Å². The normalized spacial score (nSPS) is 12.0. The van der Waals surface area contributed by atoms with E-state index in [1.807, 2.05) is 0 Å². The second-order valence-corrected chi connectivity index (χ2v) is 3.36. The Kier molecular flexibility index (Phi) is 6.04. The molecule has 5 heteroatoms. The number of aliphatic hydroxyl groups is 1. The molecule has 0 aliphatic heterocycles. The van der Waals surface area contributed by atoms with Crippen LogP contribution in [0.4, 0.5) is 4.39 Å². The molecule has 0 aliphatic rings. The maximum Gasteiger partial charge on any atom is 0.124 e. The summed E-state index contributed by atoms with van der Waals surface area (Å²) in [7, 11) is 0. The van der Waals surface area contributed by atoms with Gasteiger partial charge in [0.15, 0.2) is 0 Å². The zero-order valence-electron chi connectivity index (χ0n) is 7.41. The van der Waals surface area contributed by atoms with Crippen LogP contribution in [0.3, 0.4) is 0 Å². The minimum absolute atomic E-state index is 0. The topological polar surface area (TPSA) is 46.2 Å². The van der Waals surface area contributed by atoms with Gasteiger partial charge in [0.1, 0.15) is 5.82 Å². The van der Waals surface area contributed by atoms with Gasteiger partial charge in [-0.15, -0.1) is 12.4 Å². The maximum atomic E-state index is 12.8. The molecule has 0 amide bonds. The Bertz CT molecular complexity index is 276. The first kappa shape index (κ1) is 13.7. The molecular weight excluding hydrogens is 228 g/mol. The third-order valence-corrected chi connectivity index (χ3v) is 1.87. The Hall–Kier alpha value is -0.350. The molecule has 0 aliphatic carbocycles. The minimum Gasteiger partial charge on any atom is -0.395 e. The zero-order chi connectivity index (χ0) is 9.84. The molecule has 14 heavy (non-hydrogen) atoms. The largest absolute Gasteiger partial charge is 0.395 e.